The Hall–Kier alpha value is -3.56. The summed E-state index contributed by atoms with van der Waals surface area (Å²) in [6.45, 7) is 1.31. The van der Waals surface area contributed by atoms with Crippen molar-refractivity contribution in [2.45, 2.75) is 25.9 Å². The molecule has 0 aliphatic rings. The number of carbonyl (C=O) groups is 1. The first-order valence-electron chi connectivity index (χ1n) is 8.51. The molecule has 2 aromatic carbocycles. The third-order valence-electron chi connectivity index (χ3n) is 4.20. The second-order valence-corrected chi connectivity index (χ2v) is 6.27. The Morgan fingerprint density at radius 2 is 1.79 bits per heavy atom. The maximum absolute atomic E-state index is 12.4. The van der Waals surface area contributed by atoms with Gasteiger partial charge in [-0.2, -0.15) is 0 Å². The number of hydrogen-bond donors (Lipinski definition) is 2. The van der Waals surface area contributed by atoms with Crippen molar-refractivity contribution in [3.05, 3.63) is 74.9 Å². The summed E-state index contributed by atoms with van der Waals surface area (Å²) in [7, 11) is 0. The van der Waals surface area contributed by atoms with E-state index >= 15 is 0 Å². The highest BCUT2D eigenvalue weighted by molar-refractivity contribution is 5.81. The molecule has 0 fully saturated rings. The largest absolute Gasteiger partial charge is 0.573 e. The normalized spacial score (nSPS) is 12.6. The zero-order chi connectivity index (χ0) is 21.2. The third-order valence-corrected chi connectivity index (χ3v) is 4.20. The zero-order valence-corrected chi connectivity index (χ0v) is 15.1. The minimum absolute atomic E-state index is 0.271. The molecule has 0 saturated carbocycles. The van der Waals surface area contributed by atoms with Gasteiger partial charge in [0.2, 0.25) is 5.91 Å². The van der Waals surface area contributed by atoms with Gasteiger partial charge in [0.05, 0.1) is 16.9 Å². The number of ether oxygens (including phenoxy) is 1. The van der Waals surface area contributed by atoms with Crippen molar-refractivity contribution in [3.63, 3.8) is 0 Å². The number of H-pyrrole nitrogens is 1. The fraction of sp³-hybridized carbons (Fsp3) is 0.211. The summed E-state index contributed by atoms with van der Waals surface area (Å²) in [5.41, 5.74) is -0.397. The summed E-state index contributed by atoms with van der Waals surface area (Å²) in [5.74, 6) is -0.876. The zero-order valence-electron chi connectivity index (χ0n) is 15.1. The van der Waals surface area contributed by atoms with Gasteiger partial charge < -0.3 is 10.1 Å². The average Bonchev–Trinajstić information content (AvgIpc) is 2.64. The van der Waals surface area contributed by atoms with Crippen molar-refractivity contribution in [1.82, 2.24) is 14.9 Å². The molecule has 1 atom stereocenters. The Morgan fingerprint density at radius 1 is 1.14 bits per heavy atom. The van der Waals surface area contributed by atoms with Crippen LogP contribution in [-0.4, -0.2) is 21.8 Å². The topological polar surface area (TPSA) is 93.2 Å². The van der Waals surface area contributed by atoms with Gasteiger partial charge in [-0.1, -0.05) is 24.3 Å². The molecule has 29 heavy (non-hydrogen) atoms. The highest BCUT2D eigenvalue weighted by Gasteiger charge is 2.31. The van der Waals surface area contributed by atoms with Crippen molar-refractivity contribution in [2.75, 3.05) is 0 Å². The average molecular weight is 407 g/mol. The number of fused-ring (bicyclic) bond motifs is 1. The van der Waals surface area contributed by atoms with Crippen LogP contribution >= 0.6 is 0 Å². The van der Waals surface area contributed by atoms with Crippen LogP contribution in [0.15, 0.2) is 58.1 Å². The van der Waals surface area contributed by atoms with E-state index in [0.29, 0.717) is 11.1 Å². The molecule has 1 amide bonds. The van der Waals surface area contributed by atoms with E-state index in [0.717, 1.165) is 16.7 Å². The van der Waals surface area contributed by atoms with Crippen molar-refractivity contribution < 1.29 is 22.7 Å². The van der Waals surface area contributed by atoms with Crippen LogP contribution in [-0.2, 0) is 11.3 Å². The van der Waals surface area contributed by atoms with Gasteiger partial charge in [0, 0.05) is 0 Å². The first kappa shape index (κ1) is 20.2. The molecule has 2 N–H and O–H groups in total. The number of rotatable bonds is 5. The molecular formula is C19H16F3N3O4. The first-order chi connectivity index (χ1) is 13.6. The van der Waals surface area contributed by atoms with Gasteiger partial charge in [-0.15, -0.1) is 13.2 Å². The SMILES string of the molecule is C[C@@H](NC(=O)Cn1c(=O)[nH]c(=O)c2ccccc21)c1ccc(OC(F)(F)F)cc1. The summed E-state index contributed by atoms with van der Waals surface area (Å²) >= 11 is 0. The second-order valence-electron chi connectivity index (χ2n) is 6.27. The van der Waals surface area contributed by atoms with E-state index in [1.807, 2.05) is 0 Å². The summed E-state index contributed by atoms with van der Waals surface area (Å²) in [5, 5.41) is 2.94. The number of nitrogens with one attached hydrogen (secondary N) is 2. The number of alkyl halides is 3. The molecule has 3 aromatic rings. The standard InChI is InChI=1S/C19H16F3N3O4/c1-11(12-6-8-13(9-7-12)29-19(20,21)22)23-16(26)10-25-15-5-3-2-4-14(15)17(27)24-18(25)28/h2-9,11H,10H2,1H3,(H,23,26)(H,24,27,28)/t11-/m1/s1. The molecule has 0 spiro atoms. The lowest BCUT2D eigenvalue weighted by Crippen LogP contribution is -2.37. The van der Waals surface area contributed by atoms with Crippen LogP contribution in [0.4, 0.5) is 13.2 Å². The van der Waals surface area contributed by atoms with Gasteiger partial charge in [0.1, 0.15) is 12.3 Å². The molecule has 0 unspecified atom stereocenters. The molecule has 0 bridgehead atoms. The van der Waals surface area contributed by atoms with Gasteiger partial charge in [0.25, 0.3) is 5.56 Å². The monoisotopic (exact) mass is 407 g/mol. The number of halogens is 3. The number of aromatic amines is 1. The van der Waals surface area contributed by atoms with E-state index in [1.165, 1.54) is 18.2 Å². The quantitative estimate of drug-likeness (QED) is 0.680. The lowest BCUT2D eigenvalue weighted by molar-refractivity contribution is -0.274. The van der Waals surface area contributed by atoms with E-state index < -0.39 is 29.6 Å². The van der Waals surface area contributed by atoms with Gasteiger partial charge in [-0.3, -0.25) is 19.1 Å². The Labute approximate surface area is 161 Å². The van der Waals surface area contributed by atoms with Crippen LogP contribution < -0.4 is 21.3 Å². The maximum Gasteiger partial charge on any atom is 0.573 e. The molecule has 1 aromatic heterocycles. The lowest BCUT2D eigenvalue weighted by atomic mass is 10.1. The summed E-state index contributed by atoms with van der Waals surface area (Å²) in [6, 6.07) is 10.9. The third kappa shape index (κ3) is 4.84. The van der Waals surface area contributed by atoms with Crippen LogP contribution in [0, 0.1) is 0 Å². The van der Waals surface area contributed by atoms with Crippen LogP contribution in [0.1, 0.15) is 18.5 Å². The fourth-order valence-corrected chi connectivity index (χ4v) is 2.87. The Kier molecular flexibility index (Phi) is 5.44. The smallest absolute Gasteiger partial charge is 0.406 e. The predicted octanol–water partition coefficient (Wildman–Crippen LogP) is 2.47. The van der Waals surface area contributed by atoms with Crippen LogP contribution in [0.3, 0.4) is 0 Å². The molecule has 0 aliphatic heterocycles. The highest BCUT2D eigenvalue weighted by Crippen LogP contribution is 2.24. The number of benzene rings is 2. The number of aromatic nitrogens is 2. The van der Waals surface area contributed by atoms with Crippen molar-refractivity contribution >= 4 is 16.8 Å². The molecule has 3 rings (SSSR count). The van der Waals surface area contributed by atoms with E-state index in [-0.39, 0.29) is 17.7 Å². The minimum atomic E-state index is -4.78. The molecule has 1 heterocycles. The molecule has 0 saturated heterocycles. The van der Waals surface area contributed by atoms with E-state index in [4.69, 9.17) is 0 Å². The van der Waals surface area contributed by atoms with Gasteiger partial charge in [-0.05, 0) is 36.8 Å². The molecular weight excluding hydrogens is 391 g/mol. The fourth-order valence-electron chi connectivity index (χ4n) is 2.87. The number of carbonyl (C=O) groups excluding carboxylic acids is 1. The summed E-state index contributed by atoms with van der Waals surface area (Å²) in [6.07, 6.45) is -4.78. The van der Waals surface area contributed by atoms with Crippen LogP contribution in [0.25, 0.3) is 10.9 Å². The number of para-hydroxylation sites is 1. The number of nitrogens with zero attached hydrogens (tertiary/aromatic N) is 1. The van der Waals surface area contributed by atoms with Gasteiger partial charge in [0.15, 0.2) is 0 Å². The lowest BCUT2D eigenvalue weighted by Gasteiger charge is -2.16. The first-order valence-corrected chi connectivity index (χ1v) is 8.51. The van der Waals surface area contributed by atoms with Crippen molar-refractivity contribution in [2.24, 2.45) is 0 Å². The maximum atomic E-state index is 12.4. The Balaban J connectivity index is 1.74. The van der Waals surface area contributed by atoms with Crippen molar-refractivity contribution in [3.8, 4) is 5.75 Å². The van der Waals surface area contributed by atoms with Crippen LogP contribution in [0.2, 0.25) is 0 Å². The second kappa shape index (κ2) is 7.82. The minimum Gasteiger partial charge on any atom is -0.406 e. The highest BCUT2D eigenvalue weighted by atomic mass is 19.4. The number of hydrogen-bond acceptors (Lipinski definition) is 4. The summed E-state index contributed by atoms with van der Waals surface area (Å²) in [4.78, 5) is 38.5. The molecule has 0 aliphatic carbocycles. The Morgan fingerprint density at radius 3 is 2.45 bits per heavy atom. The van der Waals surface area contributed by atoms with Gasteiger partial charge >= 0.3 is 12.1 Å². The molecule has 7 nitrogen and oxygen atoms in total. The number of amides is 1. The predicted molar refractivity (Wildman–Crippen MR) is 98.5 cm³/mol. The van der Waals surface area contributed by atoms with Crippen LogP contribution in [0.5, 0.6) is 5.75 Å². The molecule has 0 radical (unpaired) electrons. The Bertz CT molecular complexity index is 1150. The van der Waals surface area contributed by atoms with Crippen molar-refractivity contribution in [1.29, 1.82) is 0 Å². The van der Waals surface area contributed by atoms with Gasteiger partial charge in [-0.25, -0.2) is 4.79 Å². The van der Waals surface area contributed by atoms with E-state index in [2.05, 4.69) is 15.0 Å². The molecule has 10 heteroatoms. The van der Waals surface area contributed by atoms with E-state index in [1.54, 1.807) is 25.1 Å². The molecule has 152 valence electrons. The van der Waals surface area contributed by atoms with E-state index in [9.17, 15) is 27.6 Å². The summed E-state index contributed by atoms with van der Waals surface area (Å²) < 4.78 is 41.6.